The van der Waals surface area contributed by atoms with Gasteiger partial charge in [-0.05, 0) is 19.8 Å². The monoisotopic (exact) mass is 275 g/mol. The van der Waals surface area contributed by atoms with Gasteiger partial charge < -0.3 is 4.90 Å². The summed E-state index contributed by atoms with van der Waals surface area (Å²) in [5.74, 6) is 0.509. The number of carbonyl (C=O) groups excluding carboxylic acids is 1. The second-order valence-corrected chi connectivity index (χ2v) is 7.28. The molecule has 0 aromatic rings. The number of carbonyl (C=O) groups is 1. The van der Waals surface area contributed by atoms with Gasteiger partial charge in [0.05, 0.1) is 11.5 Å². The molecule has 0 radical (unpaired) electrons. The highest BCUT2D eigenvalue weighted by molar-refractivity contribution is 7.91. The van der Waals surface area contributed by atoms with E-state index in [2.05, 4.69) is 6.92 Å². The van der Waals surface area contributed by atoms with Crippen LogP contribution in [0, 0.1) is 0 Å². The van der Waals surface area contributed by atoms with Gasteiger partial charge in [-0.15, -0.1) is 0 Å². The molecule has 1 aliphatic rings. The van der Waals surface area contributed by atoms with E-state index in [1.54, 1.807) is 4.90 Å². The van der Waals surface area contributed by atoms with E-state index in [0.29, 0.717) is 19.4 Å². The average molecular weight is 275 g/mol. The molecule has 1 heterocycles. The maximum atomic E-state index is 12.1. The van der Waals surface area contributed by atoms with Gasteiger partial charge >= 0.3 is 0 Å². The normalized spacial score (nSPS) is 22.0. The Morgan fingerprint density at radius 1 is 1.22 bits per heavy atom. The van der Waals surface area contributed by atoms with E-state index < -0.39 is 9.84 Å². The lowest BCUT2D eigenvalue weighted by Gasteiger charge is -2.26. The number of rotatable bonds is 7. The van der Waals surface area contributed by atoms with Crippen LogP contribution >= 0.6 is 0 Å². The lowest BCUT2D eigenvalue weighted by Crippen LogP contribution is -2.40. The number of sulfone groups is 1. The summed E-state index contributed by atoms with van der Waals surface area (Å²) in [5.41, 5.74) is 0. The number of nitrogens with zero attached hydrogens (tertiary/aromatic N) is 1. The van der Waals surface area contributed by atoms with Gasteiger partial charge in [0.1, 0.15) is 0 Å². The minimum absolute atomic E-state index is 0.0846. The van der Waals surface area contributed by atoms with Crippen LogP contribution in [0.2, 0.25) is 0 Å². The van der Waals surface area contributed by atoms with Crippen molar-refractivity contribution in [3.05, 3.63) is 0 Å². The zero-order chi connectivity index (χ0) is 13.6. The van der Waals surface area contributed by atoms with Crippen molar-refractivity contribution in [2.24, 2.45) is 0 Å². The van der Waals surface area contributed by atoms with Crippen LogP contribution in [0.1, 0.15) is 52.4 Å². The molecule has 0 saturated carbocycles. The van der Waals surface area contributed by atoms with Crippen molar-refractivity contribution in [1.29, 1.82) is 0 Å². The van der Waals surface area contributed by atoms with Gasteiger partial charge in [-0.1, -0.05) is 26.2 Å². The summed E-state index contributed by atoms with van der Waals surface area (Å²) in [4.78, 5) is 13.8. The summed E-state index contributed by atoms with van der Waals surface area (Å²) in [5, 5.41) is 0. The standard InChI is InChI=1S/C13H25NO3S/c1-3-5-6-7-8-13(15)14(4-2)12-9-10-18(16,17)11-12/h12H,3-11H2,1-2H3. The Labute approximate surface area is 111 Å². The third-order valence-corrected chi connectivity index (χ3v) is 5.30. The van der Waals surface area contributed by atoms with E-state index in [1.165, 1.54) is 0 Å². The Morgan fingerprint density at radius 3 is 2.44 bits per heavy atom. The van der Waals surface area contributed by atoms with Crippen LogP contribution < -0.4 is 0 Å². The number of hydrogen-bond acceptors (Lipinski definition) is 3. The molecule has 0 N–H and O–H groups in total. The minimum atomic E-state index is -2.91. The van der Waals surface area contributed by atoms with Crippen LogP contribution in [0.15, 0.2) is 0 Å². The molecule has 1 atom stereocenters. The second-order valence-electron chi connectivity index (χ2n) is 5.05. The first-order valence-electron chi connectivity index (χ1n) is 7.00. The van der Waals surface area contributed by atoms with Crippen LogP contribution in [0.25, 0.3) is 0 Å². The first-order chi connectivity index (χ1) is 8.50. The molecule has 0 spiro atoms. The highest BCUT2D eigenvalue weighted by Gasteiger charge is 2.33. The van der Waals surface area contributed by atoms with Crippen LogP contribution in [0.4, 0.5) is 0 Å². The van der Waals surface area contributed by atoms with Crippen LogP contribution in [0.3, 0.4) is 0 Å². The van der Waals surface area contributed by atoms with Gasteiger partial charge in [-0.3, -0.25) is 4.79 Å². The molecule has 0 bridgehead atoms. The van der Waals surface area contributed by atoms with Gasteiger partial charge in [0, 0.05) is 19.0 Å². The molecule has 5 heteroatoms. The second kappa shape index (κ2) is 7.12. The predicted octanol–water partition coefficient (Wildman–Crippen LogP) is 1.99. The summed E-state index contributed by atoms with van der Waals surface area (Å²) in [7, 11) is -2.91. The van der Waals surface area contributed by atoms with Crippen LogP contribution in [-0.4, -0.2) is 43.3 Å². The Morgan fingerprint density at radius 2 is 1.94 bits per heavy atom. The summed E-state index contributed by atoms with van der Waals surface area (Å²) in [6.45, 7) is 4.69. The van der Waals surface area contributed by atoms with E-state index in [4.69, 9.17) is 0 Å². The first-order valence-corrected chi connectivity index (χ1v) is 8.82. The molecular formula is C13H25NO3S. The molecule has 0 aliphatic carbocycles. The fourth-order valence-electron chi connectivity index (χ4n) is 2.51. The van der Waals surface area contributed by atoms with E-state index in [-0.39, 0.29) is 23.5 Å². The van der Waals surface area contributed by atoms with Gasteiger partial charge in [0.2, 0.25) is 5.91 Å². The third kappa shape index (κ3) is 4.59. The third-order valence-electron chi connectivity index (χ3n) is 3.55. The Kier molecular flexibility index (Phi) is 6.12. The quantitative estimate of drug-likeness (QED) is 0.668. The highest BCUT2D eigenvalue weighted by Crippen LogP contribution is 2.19. The fraction of sp³-hybridized carbons (Fsp3) is 0.923. The van der Waals surface area contributed by atoms with Crippen molar-refractivity contribution >= 4 is 15.7 Å². The van der Waals surface area contributed by atoms with Crippen LogP contribution in [0.5, 0.6) is 0 Å². The highest BCUT2D eigenvalue weighted by atomic mass is 32.2. The predicted molar refractivity (Wildman–Crippen MR) is 73.2 cm³/mol. The minimum Gasteiger partial charge on any atom is -0.339 e. The topological polar surface area (TPSA) is 54.5 Å². The van der Waals surface area contributed by atoms with E-state index in [9.17, 15) is 13.2 Å². The molecule has 106 valence electrons. The van der Waals surface area contributed by atoms with Crippen molar-refractivity contribution in [1.82, 2.24) is 4.90 Å². The van der Waals surface area contributed by atoms with Crippen molar-refractivity contribution in [3.8, 4) is 0 Å². The molecule has 1 aliphatic heterocycles. The number of amides is 1. The van der Waals surface area contributed by atoms with Crippen molar-refractivity contribution in [3.63, 3.8) is 0 Å². The van der Waals surface area contributed by atoms with Crippen molar-refractivity contribution in [2.45, 2.75) is 58.4 Å². The molecule has 1 fully saturated rings. The summed E-state index contributed by atoms with van der Waals surface area (Å²) in [6.07, 6.45) is 5.50. The lowest BCUT2D eigenvalue weighted by atomic mass is 10.1. The van der Waals surface area contributed by atoms with Gasteiger partial charge in [-0.25, -0.2) is 8.42 Å². The Balaban J connectivity index is 2.43. The van der Waals surface area contributed by atoms with Gasteiger partial charge in [0.25, 0.3) is 0 Å². The Hall–Kier alpha value is -0.580. The number of hydrogen-bond donors (Lipinski definition) is 0. The van der Waals surface area contributed by atoms with E-state index in [0.717, 1.165) is 25.7 Å². The first kappa shape index (κ1) is 15.5. The van der Waals surface area contributed by atoms with E-state index in [1.807, 2.05) is 6.92 Å². The zero-order valence-electron chi connectivity index (χ0n) is 11.5. The molecule has 18 heavy (non-hydrogen) atoms. The zero-order valence-corrected chi connectivity index (χ0v) is 12.3. The molecule has 0 aromatic heterocycles. The summed E-state index contributed by atoms with van der Waals surface area (Å²) in [6, 6.07) is -0.0846. The largest absolute Gasteiger partial charge is 0.339 e. The van der Waals surface area contributed by atoms with Crippen molar-refractivity contribution < 1.29 is 13.2 Å². The maximum Gasteiger partial charge on any atom is 0.222 e. The summed E-state index contributed by atoms with van der Waals surface area (Å²) >= 11 is 0. The molecule has 1 unspecified atom stereocenters. The van der Waals surface area contributed by atoms with Crippen molar-refractivity contribution in [2.75, 3.05) is 18.1 Å². The molecule has 4 nitrogen and oxygen atoms in total. The lowest BCUT2D eigenvalue weighted by molar-refractivity contribution is -0.132. The maximum absolute atomic E-state index is 12.1. The molecular weight excluding hydrogens is 250 g/mol. The van der Waals surface area contributed by atoms with Gasteiger partial charge in [-0.2, -0.15) is 0 Å². The van der Waals surface area contributed by atoms with E-state index >= 15 is 0 Å². The Bertz CT molecular complexity index is 364. The smallest absolute Gasteiger partial charge is 0.222 e. The van der Waals surface area contributed by atoms with Crippen LogP contribution in [-0.2, 0) is 14.6 Å². The van der Waals surface area contributed by atoms with Gasteiger partial charge in [0.15, 0.2) is 9.84 Å². The average Bonchev–Trinajstić information content (AvgIpc) is 2.66. The number of unbranched alkanes of at least 4 members (excludes halogenated alkanes) is 3. The summed E-state index contributed by atoms with van der Waals surface area (Å²) < 4.78 is 22.9. The SMILES string of the molecule is CCCCCCC(=O)N(CC)C1CCS(=O)(=O)C1. The molecule has 0 aromatic carbocycles. The molecule has 1 amide bonds. The molecule has 1 rings (SSSR count). The molecule has 1 saturated heterocycles. The fourth-order valence-corrected chi connectivity index (χ4v) is 4.24.